The van der Waals surface area contributed by atoms with Crippen LogP contribution in [0.15, 0.2) is 24.5 Å². The van der Waals surface area contributed by atoms with Crippen LogP contribution in [0.4, 0.5) is 5.69 Å². The van der Waals surface area contributed by atoms with E-state index in [0.29, 0.717) is 23.6 Å². The van der Waals surface area contributed by atoms with E-state index in [-0.39, 0.29) is 24.4 Å². The van der Waals surface area contributed by atoms with Gasteiger partial charge in [0.1, 0.15) is 6.33 Å². The van der Waals surface area contributed by atoms with Crippen LogP contribution in [0.25, 0.3) is 0 Å². The molecule has 1 aromatic carbocycles. The number of sulfonamides is 1. The zero-order valence-electron chi connectivity index (χ0n) is 17.5. The van der Waals surface area contributed by atoms with Gasteiger partial charge in [-0.05, 0) is 51.7 Å². The third-order valence-corrected chi connectivity index (χ3v) is 6.04. The highest BCUT2D eigenvalue weighted by Crippen LogP contribution is 2.40. The minimum atomic E-state index is -3.46. The van der Waals surface area contributed by atoms with E-state index < -0.39 is 10.0 Å². The second kappa shape index (κ2) is 8.11. The number of likely N-dealkylation sites (N-methyl/N-ethyl adjacent to an activating group) is 1. The molecule has 0 fully saturated rings. The van der Waals surface area contributed by atoms with E-state index in [1.807, 2.05) is 32.8 Å². The third kappa shape index (κ3) is 4.59. The zero-order chi connectivity index (χ0) is 21.3. The van der Waals surface area contributed by atoms with Crippen LogP contribution in [0.5, 0.6) is 0 Å². The molecule has 1 aliphatic rings. The molecule has 1 aliphatic heterocycles. The smallest absolute Gasteiger partial charge is 0.251 e. The lowest BCUT2D eigenvalue weighted by atomic mass is 9.98. The molecule has 1 amide bonds. The highest BCUT2D eigenvalue weighted by atomic mass is 32.2. The topological polar surface area (TPSA) is 100 Å². The number of carbonyl (C=O) groups is 1. The van der Waals surface area contributed by atoms with Crippen LogP contribution in [0.2, 0.25) is 0 Å². The first-order chi connectivity index (χ1) is 13.6. The molecule has 1 atom stereocenters. The lowest BCUT2D eigenvalue weighted by molar-refractivity contribution is 0.0951. The number of nitrogens with one attached hydrogen (secondary N) is 1. The molecule has 2 aromatic rings. The SMILES string of the molecule is CC(C)n1cnc([C@@H]2CN(S(C)(=O)=O)c3ccc(C(=O)NCCN(C)C)cc32)n1. The van der Waals surface area contributed by atoms with Gasteiger partial charge in [0.05, 0.1) is 17.9 Å². The Labute approximate surface area is 171 Å². The highest BCUT2D eigenvalue weighted by Gasteiger charge is 2.37. The molecule has 2 heterocycles. The summed E-state index contributed by atoms with van der Waals surface area (Å²) in [6.45, 7) is 5.49. The van der Waals surface area contributed by atoms with Gasteiger partial charge >= 0.3 is 0 Å². The van der Waals surface area contributed by atoms with Gasteiger partial charge in [0.15, 0.2) is 5.82 Å². The number of amides is 1. The van der Waals surface area contributed by atoms with Crippen LogP contribution < -0.4 is 9.62 Å². The van der Waals surface area contributed by atoms with Gasteiger partial charge in [-0.3, -0.25) is 13.8 Å². The fourth-order valence-electron chi connectivity index (χ4n) is 3.29. The molecule has 158 valence electrons. The molecule has 1 aromatic heterocycles. The zero-order valence-corrected chi connectivity index (χ0v) is 18.3. The van der Waals surface area contributed by atoms with E-state index >= 15 is 0 Å². The summed E-state index contributed by atoms with van der Waals surface area (Å²) in [7, 11) is 0.421. The summed E-state index contributed by atoms with van der Waals surface area (Å²) in [4.78, 5) is 18.9. The first-order valence-electron chi connectivity index (χ1n) is 9.53. The van der Waals surface area contributed by atoms with Gasteiger partial charge in [-0.1, -0.05) is 0 Å². The van der Waals surface area contributed by atoms with Crippen molar-refractivity contribution in [1.29, 1.82) is 0 Å². The Morgan fingerprint density at radius 3 is 2.66 bits per heavy atom. The molecule has 3 rings (SSSR count). The normalized spacial score (nSPS) is 16.5. The number of rotatable bonds is 7. The van der Waals surface area contributed by atoms with Gasteiger partial charge in [-0.2, -0.15) is 5.10 Å². The summed E-state index contributed by atoms with van der Waals surface area (Å²) in [6, 6.07) is 5.25. The number of anilines is 1. The Kier molecular flexibility index (Phi) is 5.95. The molecule has 0 saturated carbocycles. The molecule has 9 nitrogen and oxygen atoms in total. The minimum Gasteiger partial charge on any atom is -0.351 e. The third-order valence-electron chi connectivity index (χ3n) is 4.89. The second-order valence-electron chi connectivity index (χ2n) is 7.86. The average molecular weight is 421 g/mol. The number of carbonyl (C=O) groups excluding carboxylic acids is 1. The van der Waals surface area contributed by atoms with Crippen molar-refractivity contribution in [3.63, 3.8) is 0 Å². The van der Waals surface area contributed by atoms with Crippen LogP contribution in [-0.4, -0.2) is 74.0 Å². The molecule has 0 aliphatic carbocycles. The van der Waals surface area contributed by atoms with E-state index in [0.717, 1.165) is 12.1 Å². The predicted molar refractivity (Wildman–Crippen MR) is 112 cm³/mol. The number of hydrogen-bond donors (Lipinski definition) is 1. The van der Waals surface area contributed by atoms with Crippen LogP contribution in [0.3, 0.4) is 0 Å². The Bertz CT molecular complexity index is 999. The lowest BCUT2D eigenvalue weighted by Crippen LogP contribution is -2.31. The Morgan fingerprint density at radius 2 is 2.07 bits per heavy atom. The fraction of sp³-hybridized carbons (Fsp3) is 0.526. The number of aromatic nitrogens is 3. The maximum absolute atomic E-state index is 12.5. The molecule has 29 heavy (non-hydrogen) atoms. The van der Waals surface area contributed by atoms with Crippen LogP contribution >= 0.6 is 0 Å². The van der Waals surface area contributed by atoms with Gasteiger partial charge in [-0.25, -0.2) is 13.4 Å². The van der Waals surface area contributed by atoms with Gasteiger partial charge in [0.25, 0.3) is 5.91 Å². The van der Waals surface area contributed by atoms with Crippen LogP contribution in [-0.2, 0) is 10.0 Å². The largest absolute Gasteiger partial charge is 0.351 e. The van der Waals surface area contributed by atoms with E-state index in [4.69, 9.17) is 0 Å². The summed E-state index contributed by atoms with van der Waals surface area (Å²) >= 11 is 0. The van der Waals surface area contributed by atoms with Crippen molar-refractivity contribution >= 4 is 21.6 Å². The molecule has 0 spiro atoms. The van der Waals surface area contributed by atoms with E-state index in [1.54, 1.807) is 29.2 Å². The van der Waals surface area contributed by atoms with Crippen LogP contribution in [0, 0.1) is 0 Å². The Hall–Kier alpha value is -2.46. The maximum Gasteiger partial charge on any atom is 0.251 e. The molecule has 10 heteroatoms. The van der Waals surface area contributed by atoms with Crippen molar-refractivity contribution in [2.75, 3.05) is 44.3 Å². The fourth-order valence-corrected chi connectivity index (χ4v) is 4.23. The summed E-state index contributed by atoms with van der Waals surface area (Å²) in [5, 5.41) is 7.42. The van der Waals surface area contributed by atoms with Gasteiger partial charge in [-0.15, -0.1) is 0 Å². The van der Waals surface area contributed by atoms with Crippen molar-refractivity contribution in [2.45, 2.75) is 25.8 Å². The van der Waals surface area contributed by atoms with Crippen molar-refractivity contribution in [3.8, 4) is 0 Å². The quantitative estimate of drug-likeness (QED) is 0.719. The lowest BCUT2D eigenvalue weighted by Gasteiger charge is -2.16. The molecular formula is C19H28N6O3S. The molecule has 0 unspecified atom stereocenters. The van der Waals surface area contributed by atoms with E-state index in [9.17, 15) is 13.2 Å². The molecule has 1 N–H and O–H groups in total. The number of hydrogen-bond acceptors (Lipinski definition) is 6. The Balaban J connectivity index is 1.95. The maximum atomic E-state index is 12.5. The summed E-state index contributed by atoms with van der Waals surface area (Å²) < 4.78 is 27.7. The predicted octanol–water partition coefficient (Wildman–Crippen LogP) is 1.06. The van der Waals surface area contributed by atoms with Gasteiger partial charge < -0.3 is 10.2 Å². The van der Waals surface area contributed by atoms with Gasteiger partial charge in [0, 0.05) is 31.2 Å². The van der Waals surface area contributed by atoms with E-state index in [1.165, 1.54) is 10.6 Å². The first kappa shape index (κ1) is 21.3. The summed E-state index contributed by atoms with van der Waals surface area (Å²) in [6.07, 6.45) is 2.84. The Morgan fingerprint density at radius 1 is 1.34 bits per heavy atom. The summed E-state index contributed by atoms with van der Waals surface area (Å²) in [5.41, 5.74) is 1.81. The molecule has 0 bridgehead atoms. The van der Waals surface area contributed by atoms with Crippen molar-refractivity contribution in [1.82, 2.24) is 25.0 Å². The molecular weight excluding hydrogens is 392 g/mol. The van der Waals surface area contributed by atoms with Crippen molar-refractivity contribution < 1.29 is 13.2 Å². The van der Waals surface area contributed by atoms with Gasteiger partial charge in [0.2, 0.25) is 10.0 Å². The summed E-state index contributed by atoms with van der Waals surface area (Å²) in [5.74, 6) is 0.0393. The number of fused-ring (bicyclic) bond motifs is 1. The number of benzene rings is 1. The van der Waals surface area contributed by atoms with E-state index in [2.05, 4.69) is 15.4 Å². The monoisotopic (exact) mass is 420 g/mol. The minimum absolute atomic E-state index is 0.150. The van der Waals surface area contributed by atoms with Crippen molar-refractivity contribution in [2.24, 2.45) is 0 Å². The highest BCUT2D eigenvalue weighted by molar-refractivity contribution is 7.92. The van der Waals surface area contributed by atoms with Crippen LogP contribution in [0.1, 0.15) is 47.6 Å². The molecule has 0 radical (unpaired) electrons. The first-order valence-corrected chi connectivity index (χ1v) is 11.4. The van der Waals surface area contributed by atoms with Crippen molar-refractivity contribution in [3.05, 3.63) is 41.5 Å². The average Bonchev–Trinajstić information content (AvgIpc) is 3.25. The number of nitrogens with zero attached hydrogens (tertiary/aromatic N) is 5. The molecule has 0 saturated heterocycles. The second-order valence-corrected chi connectivity index (χ2v) is 9.76. The standard InChI is InChI=1S/C19H28N6O3S/c1-13(2)24-12-21-18(22-24)16-11-25(29(5,27)28)17-7-6-14(10-15(16)17)19(26)20-8-9-23(3)4/h6-7,10,12-13,16H,8-9,11H2,1-5H3,(H,20,26)/t16-/m1/s1.